The number of aromatic nitrogens is 2. The molecule has 0 aromatic carbocycles. The summed E-state index contributed by atoms with van der Waals surface area (Å²) in [5.41, 5.74) is 0. The highest BCUT2D eigenvalue weighted by Crippen LogP contribution is 2.04. The number of ether oxygens (including phenoxy) is 1. The van der Waals surface area contributed by atoms with Crippen LogP contribution in [0, 0.1) is 12.3 Å². The predicted molar refractivity (Wildman–Crippen MR) is 43.1 cm³/mol. The minimum absolute atomic E-state index is 0.109. The second-order valence-corrected chi connectivity index (χ2v) is 2.66. The van der Waals surface area contributed by atoms with E-state index in [1.807, 2.05) is 6.92 Å². The van der Waals surface area contributed by atoms with Crippen molar-refractivity contribution in [2.75, 3.05) is 6.61 Å². The van der Waals surface area contributed by atoms with Crippen molar-refractivity contribution in [1.29, 1.82) is 5.41 Å². The number of aryl methyl sites for hydroxylation is 1. The lowest BCUT2D eigenvalue weighted by Gasteiger charge is -1.97. The highest BCUT2D eigenvalue weighted by Gasteiger charge is 2.06. The van der Waals surface area contributed by atoms with Gasteiger partial charge in [0.15, 0.2) is 5.01 Å². The van der Waals surface area contributed by atoms with Gasteiger partial charge in [0, 0.05) is 0 Å². The second-order valence-electron chi connectivity index (χ2n) is 1.91. The first kappa shape index (κ1) is 8.13. The van der Waals surface area contributed by atoms with E-state index in [1.165, 1.54) is 11.5 Å². The first-order valence-corrected chi connectivity index (χ1v) is 4.03. The van der Waals surface area contributed by atoms with E-state index in [2.05, 4.69) is 9.36 Å². The zero-order chi connectivity index (χ0) is 8.27. The first-order valence-electron chi connectivity index (χ1n) is 3.26. The summed E-state index contributed by atoms with van der Waals surface area (Å²) in [6, 6.07) is 0. The van der Waals surface area contributed by atoms with Gasteiger partial charge in [0.1, 0.15) is 5.82 Å². The van der Waals surface area contributed by atoms with Gasteiger partial charge in [-0.15, -0.1) is 0 Å². The standard InChI is InChI=1S/C6H9N3OS/c1-3-10-5(7)6-8-4(2)9-11-6/h7H,3H2,1-2H3. The molecule has 4 nitrogen and oxygen atoms in total. The normalized spacial score (nSPS) is 9.64. The molecule has 1 N–H and O–H groups in total. The summed E-state index contributed by atoms with van der Waals surface area (Å²) in [5, 5.41) is 7.87. The number of rotatable bonds is 2. The third kappa shape index (κ3) is 1.98. The van der Waals surface area contributed by atoms with Gasteiger partial charge in [-0.1, -0.05) is 0 Å². The summed E-state index contributed by atoms with van der Waals surface area (Å²) in [5.74, 6) is 0.799. The summed E-state index contributed by atoms with van der Waals surface area (Å²) in [6.07, 6.45) is 0. The van der Waals surface area contributed by atoms with Crippen molar-refractivity contribution in [1.82, 2.24) is 9.36 Å². The van der Waals surface area contributed by atoms with Gasteiger partial charge >= 0.3 is 0 Å². The topological polar surface area (TPSA) is 58.9 Å². The Morgan fingerprint density at radius 2 is 2.45 bits per heavy atom. The van der Waals surface area contributed by atoms with Crippen LogP contribution in [0.25, 0.3) is 0 Å². The molecule has 0 bridgehead atoms. The van der Waals surface area contributed by atoms with Crippen molar-refractivity contribution < 1.29 is 4.74 Å². The van der Waals surface area contributed by atoms with Gasteiger partial charge in [0.2, 0.25) is 5.90 Å². The van der Waals surface area contributed by atoms with E-state index in [0.717, 1.165) is 0 Å². The lowest BCUT2D eigenvalue weighted by molar-refractivity contribution is 0.325. The molecule has 60 valence electrons. The average Bonchev–Trinajstić information content (AvgIpc) is 2.36. The van der Waals surface area contributed by atoms with Gasteiger partial charge in [0.25, 0.3) is 0 Å². The molecule has 5 heteroatoms. The third-order valence-electron chi connectivity index (χ3n) is 1.01. The molecule has 11 heavy (non-hydrogen) atoms. The number of nitrogens with zero attached hydrogens (tertiary/aromatic N) is 2. The van der Waals surface area contributed by atoms with E-state index < -0.39 is 0 Å². The molecule has 0 unspecified atom stereocenters. The Morgan fingerprint density at radius 3 is 2.91 bits per heavy atom. The van der Waals surface area contributed by atoms with Gasteiger partial charge < -0.3 is 4.74 Å². The summed E-state index contributed by atoms with van der Waals surface area (Å²) >= 11 is 1.19. The summed E-state index contributed by atoms with van der Waals surface area (Å²) in [4.78, 5) is 3.99. The molecule has 1 heterocycles. The quantitative estimate of drug-likeness (QED) is 0.537. The van der Waals surface area contributed by atoms with Crippen molar-refractivity contribution in [2.24, 2.45) is 0 Å². The Labute approximate surface area is 68.9 Å². The fourth-order valence-corrected chi connectivity index (χ4v) is 1.17. The van der Waals surface area contributed by atoms with Gasteiger partial charge in [-0.05, 0) is 25.4 Å². The first-order chi connectivity index (χ1) is 5.24. The van der Waals surface area contributed by atoms with E-state index in [0.29, 0.717) is 17.4 Å². The molecule has 0 saturated heterocycles. The van der Waals surface area contributed by atoms with Gasteiger partial charge in [-0.3, -0.25) is 5.41 Å². The molecule has 0 aliphatic rings. The summed E-state index contributed by atoms with van der Waals surface area (Å²) in [7, 11) is 0. The van der Waals surface area contributed by atoms with Crippen molar-refractivity contribution in [3.63, 3.8) is 0 Å². The van der Waals surface area contributed by atoms with Crippen LogP contribution in [-0.4, -0.2) is 21.9 Å². The van der Waals surface area contributed by atoms with E-state index in [9.17, 15) is 0 Å². The Kier molecular flexibility index (Phi) is 2.53. The van der Waals surface area contributed by atoms with Crippen LogP contribution in [0.2, 0.25) is 0 Å². The maximum Gasteiger partial charge on any atom is 0.244 e. The minimum atomic E-state index is 0.109. The van der Waals surface area contributed by atoms with Crippen LogP contribution in [0.5, 0.6) is 0 Å². The molecular weight excluding hydrogens is 162 g/mol. The Bertz CT molecular complexity index is 258. The summed E-state index contributed by atoms with van der Waals surface area (Å²) < 4.78 is 8.86. The molecule has 1 aromatic rings. The van der Waals surface area contributed by atoms with E-state index >= 15 is 0 Å². The van der Waals surface area contributed by atoms with Crippen LogP contribution in [0.4, 0.5) is 0 Å². The van der Waals surface area contributed by atoms with Crippen LogP contribution in [-0.2, 0) is 4.74 Å². The molecule has 0 aliphatic carbocycles. The number of hydrogen-bond donors (Lipinski definition) is 1. The molecule has 0 fully saturated rings. The molecule has 0 spiro atoms. The van der Waals surface area contributed by atoms with Crippen molar-refractivity contribution >= 4 is 17.4 Å². The zero-order valence-electron chi connectivity index (χ0n) is 6.42. The number of nitrogens with one attached hydrogen (secondary N) is 1. The van der Waals surface area contributed by atoms with Crippen LogP contribution in [0.3, 0.4) is 0 Å². The highest BCUT2D eigenvalue weighted by atomic mass is 32.1. The largest absolute Gasteiger partial charge is 0.476 e. The molecule has 0 radical (unpaired) electrons. The van der Waals surface area contributed by atoms with Gasteiger partial charge in [0.05, 0.1) is 6.61 Å². The minimum Gasteiger partial charge on any atom is -0.476 e. The van der Waals surface area contributed by atoms with Crippen molar-refractivity contribution in [3.05, 3.63) is 10.8 Å². The maximum absolute atomic E-state index is 7.33. The number of hydrogen-bond acceptors (Lipinski definition) is 5. The van der Waals surface area contributed by atoms with E-state index in [1.54, 1.807) is 6.92 Å². The molecule has 0 aliphatic heterocycles. The Hall–Kier alpha value is -0.970. The zero-order valence-corrected chi connectivity index (χ0v) is 7.23. The third-order valence-corrected chi connectivity index (χ3v) is 1.82. The fourth-order valence-electron chi connectivity index (χ4n) is 0.595. The van der Waals surface area contributed by atoms with Crippen LogP contribution < -0.4 is 0 Å². The van der Waals surface area contributed by atoms with Crippen LogP contribution >= 0.6 is 11.5 Å². The average molecular weight is 171 g/mol. The van der Waals surface area contributed by atoms with Gasteiger partial charge in [-0.2, -0.15) is 4.37 Å². The highest BCUT2D eigenvalue weighted by molar-refractivity contribution is 7.07. The van der Waals surface area contributed by atoms with Gasteiger partial charge in [-0.25, -0.2) is 4.98 Å². The molecule has 0 amide bonds. The van der Waals surface area contributed by atoms with E-state index in [4.69, 9.17) is 10.1 Å². The van der Waals surface area contributed by atoms with Crippen molar-refractivity contribution in [2.45, 2.75) is 13.8 Å². The molecule has 0 saturated carbocycles. The Morgan fingerprint density at radius 1 is 1.73 bits per heavy atom. The summed E-state index contributed by atoms with van der Waals surface area (Å²) in [6.45, 7) is 4.12. The second kappa shape index (κ2) is 3.43. The lowest BCUT2D eigenvalue weighted by Crippen LogP contribution is -2.03. The predicted octanol–water partition coefficient (Wildman–Crippen LogP) is 1.21. The molecule has 1 aromatic heterocycles. The van der Waals surface area contributed by atoms with E-state index in [-0.39, 0.29) is 5.90 Å². The molecule has 0 atom stereocenters. The van der Waals surface area contributed by atoms with Crippen LogP contribution in [0.15, 0.2) is 0 Å². The van der Waals surface area contributed by atoms with Crippen LogP contribution in [0.1, 0.15) is 17.8 Å². The fraction of sp³-hybridized carbons (Fsp3) is 0.500. The lowest BCUT2D eigenvalue weighted by atomic mass is 10.6. The SMILES string of the molecule is CCOC(=N)c1nc(C)ns1. The maximum atomic E-state index is 7.33. The molecule has 1 rings (SSSR count). The van der Waals surface area contributed by atoms with Crippen molar-refractivity contribution in [3.8, 4) is 0 Å². The monoisotopic (exact) mass is 171 g/mol. The molecular formula is C6H9N3OS. The smallest absolute Gasteiger partial charge is 0.244 e. The Balaban J connectivity index is 2.69.